The molecule has 0 radical (unpaired) electrons. The summed E-state index contributed by atoms with van der Waals surface area (Å²) in [4.78, 5) is 11.4. The van der Waals surface area contributed by atoms with Gasteiger partial charge in [0, 0.05) is 39.2 Å². The van der Waals surface area contributed by atoms with E-state index >= 15 is 0 Å². The van der Waals surface area contributed by atoms with Crippen molar-refractivity contribution in [2.24, 2.45) is 0 Å². The molecule has 2 aliphatic heterocycles. The lowest BCUT2D eigenvalue weighted by Crippen LogP contribution is -2.28. The van der Waals surface area contributed by atoms with Gasteiger partial charge in [0.05, 0.1) is 12.2 Å². The molecule has 2 aliphatic rings. The molecular formula is C17H26N8. The molecule has 8 heteroatoms. The van der Waals surface area contributed by atoms with Gasteiger partial charge in [-0.3, -0.25) is 0 Å². The predicted octanol–water partition coefficient (Wildman–Crippen LogP) is 1.12. The summed E-state index contributed by atoms with van der Waals surface area (Å²) in [5.74, 6) is 3.80. The smallest absolute Gasteiger partial charge is 0.227 e. The minimum atomic E-state index is 0.650. The van der Waals surface area contributed by atoms with Crippen LogP contribution in [0, 0.1) is 0 Å². The van der Waals surface area contributed by atoms with Crippen LogP contribution in [0.2, 0.25) is 0 Å². The second kappa shape index (κ2) is 6.95. The van der Waals surface area contributed by atoms with E-state index in [1.807, 2.05) is 19.0 Å². The van der Waals surface area contributed by atoms with Gasteiger partial charge in [-0.2, -0.15) is 4.98 Å². The van der Waals surface area contributed by atoms with Crippen LogP contribution in [-0.2, 0) is 32.5 Å². The van der Waals surface area contributed by atoms with Crippen molar-refractivity contribution in [3.63, 3.8) is 0 Å². The van der Waals surface area contributed by atoms with Crippen molar-refractivity contribution in [2.45, 2.75) is 51.7 Å². The van der Waals surface area contributed by atoms with E-state index in [9.17, 15) is 0 Å². The average molecular weight is 342 g/mol. The Kier molecular flexibility index (Phi) is 4.52. The molecule has 25 heavy (non-hydrogen) atoms. The van der Waals surface area contributed by atoms with Crippen LogP contribution in [0.5, 0.6) is 0 Å². The van der Waals surface area contributed by atoms with Crippen LogP contribution in [-0.4, -0.2) is 45.4 Å². The lowest BCUT2D eigenvalue weighted by molar-refractivity contribution is 0.607. The first kappa shape index (κ1) is 16.3. The lowest BCUT2D eigenvalue weighted by Gasteiger charge is -2.22. The molecule has 0 aromatic carbocycles. The predicted molar refractivity (Wildman–Crippen MR) is 96.7 cm³/mol. The minimum absolute atomic E-state index is 0.650. The Morgan fingerprint density at radius 3 is 2.92 bits per heavy atom. The molecule has 0 unspecified atom stereocenters. The summed E-state index contributed by atoms with van der Waals surface area (Å²) in [6.07, 6.45) is 5.67. The maximum atomic E-state index is 4.73. The maximum absolute atomic E-state index is 4.73. The molecule has 0 spiro atoms. The Balaban J connectivity index is 1.59. The van der Waals surface area contributed by atoms with Crippen LogP contribution < -0.4 is 15.5 Å². The Hall–Kier alpha value is -2.22. The Morgan fingerprint density at radius 1 is 1.12 bits per heavy atom. The van der Waals surface area contributed by atoms with E-state index in [0.29, 0.717) is 6.54 Å². The van der Waals surface area contributed by atoms with Gasteiger partial charge in [0.1, 0.15) is 11.6 Å². The summed E-state index contributed by atoms with van der Waals surface area (Å²) in [5.41, 5.74) is 2.31. The molecule has 0 fully saturated rings. The molecule has 2 N–H and O–H groups in total. The molecule has 0 amide bonds. The van der Waals surface area contributed by atoms with Crippen molar-refractivity contribution in [2.75, 3.05) is 30.9 Å². The first-order valence-electron chi connectivity index (χ1n) is 9.15. The van der Waals surface area contributed by atoms with Gasteiger partial charge in [0.15, 0.2) is 5.82 Å². The molecule has 2 aromatic heterocycles. The van der Waals surface area contributed by atoms with Crippen LogP contribution in [0.1, 0.15) is 42.2 Å². The molecule has 8 nitrogen and oxygen atoms in total. The van der Waals surface area contributed by atoms with E-state index in [2.05, 4.69) is 30.4 Å². The Labute approximate surface area is 148 Å². The second-order valence-corrected chi connectivity index (χ2v) is 6.97. The van der Waals surface area contributed by atoms with Crippen molar-refractivity contribution in [3.05, 3.63) is 22.9 Å². The molecule has 0 saturated heterocycles. The average Bonchev–Trinajstić information content (AvgIpc) is 2.85. The number of hydrogen-bond donors (Lipinski definition) is 2. The third-order valence-electron chi connectivity index (χ3n) is 4.93. The Morgan fingerprint density at radius 2 is 2.04 bits per heavy atom. The van der Waals surface area contributed by atoms with E-state index in [1.54, 1.807) is 0 Å². The summed E-state index contributed by atoms with van der Waals surface area (Å²) >= 11 is 0. The SMILES string of the molecule is CN(C)c1nc2c(c(NCc3nnc4n3CCCCC4)n1)CCNC2. The van der Waals surface area contributed by atoms with Gasteiger partial charge in [-0.25, -0.2) is 4.98 Å². The highest BCUT2D eigenvalue weighted by molar-refractivity contribution is 5.52. The fourth-order valence-electron chi connectivity index (χ4n) is 3.53. The summed E-state index contributed by atoms with van der Waals surface area (Å²) < 4.78 is 2.28. The van der Waals surface area contributed by atoms with E-state index in [1.165, 1.54) is 24.8 Å². The number of hydrogen-bond acceptors (Lipinski definition) is 7. The van der Waals surface area contributed by atoms with Crippen molar-refractivity contribution >= 4 is 11.8 Å². The first-order valence-corrected chi connectivity index (χ1v) is 9.15. The zero-order chi connectivity index (χ0) is 17.2. The summed E-state index contributed by atoms with van der Waals surface area (Å²) in [6.45, 7) is 3.44. The van der Waals surface area contributed by atoms with Gasteiger partial charge in [-0.05, 0) is 25.8 Å². The normalized spacial score (nSPS) is 16.7. The van der Waals surface area contributed by atoms with Gasteiger partial charge >= 0.3 is 0 Å². The fourth-order valence-corrected chi connectivity index (χ4v) is 3.53. The van der Waals surface area contributed by atoms with Crippen molar-refractivity contribution in [1.29, 1.82) is 0 Å². The quantitative estimate of drug-likeness (QED) is 0.861. The largest absolute Gasteiger partial charge is 0.362 e. The van der Waals surface area contributed by atoms with Crippen LogP contribution in [0.15, 0.2) is 0 Å². The van der Waals surface area contributed by atoms with Crippen molar-refractivity contribution in [1.82, 2.24) is 30.0 Å². The highest BCUT2D eigenvalue weighted by Crippen LogP contribution is 2.23. The maximum Gasteiger partial charge on any atom is 0.227 e. The molecule has 0 aliphatic carbocycles. The standard InChI is InChI=1S/C17H26N8/c1-24(2)17-20-13-10-18-8-7-12(13)16(21-17)19-11-15-23-22-14-6-4-3-5-9-25(14)15/h18H,3-11H2,1-2H3,(H,19,20,21). The summed E-state index contributed by atoms with van der Waals surface area (Å²) in [5, 5.41) is 15.7. The number of aromatic nitrogens is 5. The fraction of sp³-hybridized carbons (Fsp3) is 0.647. The highest BCUT2D eigenvalue weighted by atomic mass is 15.3. The van der Waals surface area contributed by atoms with E-state index < -0.39 is 0 Å². The lowest BCUT2D eigenvalue weighted by atomic mass is 10.1. The van der Waals surface area contributed by atoms with E-state index in [0.717, 1.165) is 61.6 Å². The number of aryl methyl sites for hydroxylation is 1. The molecule has 0 bridgehead atoms. The van der Waals surface area contributed by atoms with Crippen LogP contribution in [0.3, 0.4) is 0 Å². The minimum Gasteiger partial charge on any atom is -0.362 e. The molecular weight excluding hydrogens is 316 g/mol. The molecule has 0 saturated carbocycles. The van der Waals surface area contributed by atoms with Gasteiger partial charge in [0.25, 0.3) is 0 Å². The summed E-state index contributed by atoms with van der Waals surface area (Å²) in [7, 11) is 3.94. The summed E-state index contributed by atoms with van der Waals surface area (Å²) in [6, 6.07) is 0. The molecule has 4 rings (SSSR count). The Bertz CT molecular complexity index is 751. The number of nitrogens with zero attached hydrogens (tertiary/aromatic N) is 6. The highest BCUT2D eigenvalue weighted by Gasteiger charge is 2.20. The monoisotopic (exact) mass is 342 g/mol. The van der Waals surface area contributed by atoms with Crippen LogP contribution in [0.25, 0.3) is 0 Å². The van der Waals surface area contributed by atoms with Crippen molar-refractivity contribution in [3.8, 4) is 0 Å². The number of anilines is 2. The molecule has 2 aromatic rings. The number of fused-ring (bicyclic) bond motifs is 2. The van der Waals surface area contributed by atoms with Gasteiger partial charge in [0.2, 0.25) is 5.95 Å². The molecule has 4 heterocycles. The third kappa shape index (κ3) is 3.30. The van der Waals surface area contributed by atoms with Gasteiger partial charge < -0.3 is 20.1 Å². The van der Waals surface area contributed by atoms with Crippen LogP contribution >= 0.6 is 0 Å². The topological polar surface area (TPSA) is 83.8 Å². The second-order valence-electron chi connectivity index (χ2n) is 6.97. The zero-order valence-corrected chi connectivity index (χ0v) is 15.0. The van der Waals surface area contributed by atoms with E-state index in [4.69, 9.17) is 4.98 Å². The molecule has 134 valence electrons. The number of nitrogens with one attached hydrogen (secondary N) is 2. The van der Waals surface area contributed by atoms with Crippen LogP contribution in [0.4, 0.5) is 11.8 Å². The first-order chi connectivity index (χ1) is 12.2. The van der Waals surface area contributed by atoms with Gasteiger partial charge in [-0.1, -0.05) is 6.42 Å². The third-order valence-corrected chi connectivity index (χ3v) is 4.93. The zero-order valence-electron chi connectivity index (χ0n) is 15.0. The number of rotatable bonds is 4. The van der Waals surface area contributed by atoms with E-state index in [-0.39, 0.29) is 0 Å². The van der Waals surface area contributed by atoms with Crippen molar-refractivity contribution < 1.29 is 0 Å². The molecule has 0 atom stereocenters. The van der Waals surface area contributed by atoms with Gasteiger partial charge in [-0.15, -0.1) is 10.2 Å².